The van der Waals surface area contributed by atoms with Crippen LogP contribution in [-0.4, -0.2) is 72.4 Å². The topological polar surface area (TPSA) is 114 Å². The van der Waals surface area contributed by atoms with Gasteiger partial charge in [-0.05, 0) is 35.4 Å². The van der Waals surface area contributed by atoms with E-state index in [1.54, 1.807) is 30.3 Å². The molecular formula is C29H35N3O7S. The fraction of sp³-hybridized carbons (Fsp3) is 0.310. The molecule has 1 N–H and O–H groups in total. The number of nitrogens with one attached hydrogen (secondary N) is 1. The van der Waals surface area contributed by atoms with E-state index in [4.69, 9.17) is 14.2 Å². The van der Waals surface area contributed by atoms with Crippen LogP contribution in [0.4, 0.5) is 5.69 Å². The first-order valence-corrected chi connectivity index (χ1v) is 14.3. The summed E-state index contributed by atoms with van der Waals surface area (Å²) in [4.78, 5) is 28.7. The fourth-order valence-electron chi connectivity index (χ4n) is 4.27. The molecule has 40 heavy (non-hydrogen) atoms. The lowest BCUT2D eigenvalue weighted by atomic mass is 10.0. The van der Waals surface area contributed by atoms with Gasteiger partial charge < -0.3 is 24.4 Å². The molecule has 0 saturated heterocycles. The third-order valence-corrected chi connectivity index (χ3v) is 7.46. The zero-order valence-electron chi connectivity index (χ0n) is 23.3. The summed E-state index contributed by atoms with van der Waals surface area (Å²) in [5.74, 6) is 0.249. The summed E-state index contributed by atoms with van der Waals surface area (Å²) in [7, 11) is 1.93. The van der Waals surface area contributed by atoms with Crippen molar-refractivity contribution in [3.8, 4) is 17.2 Å². The molecule has 214 valence electrons. The van der Waals surface area contributed by atoms with E-state index in [2.05, 4.69) is 5.32 Å². The van der Waals surface area contributed by atoms with Gasteiger partial charge in [0.1, 0.15) is 29.8 Å². The summed E-state index contributed by atoms with van der Waals surface area (Å²) in [6.07, 6.45) is 1.23. The van der Waals surface area contributed by atoms with Gasteiger partial charge in [-0.1, -0.05) is 42.5 Å². The Morgan fingerprint density at radius 3 is 2.10 bits per heavy atom. The molecule has 0 aliphatic heterocycles. The number of carbonyl (C=O) groups is 2. The number of carbonyl (C=O) groups excluding carboxylic acids is 2. The highest BCUT2D eigenvalue weighted by molar-refractivity contribution is 7.92. The summed E-state index contributed by atoms with van der Waals surface area (Å²) < 4.78 is 43.0. The Kier molecular flexibility index (Phi) is 10.4. The van der Waals surface area contributed by atoms with Crippen LogP contribution < -0.4 is 23.8 Å². The number of amides is 2. The van der Waals surface area contributed by atoms with Gasteiger partial charge in [-0.25, -0.2) is 8.42 Å². The smallest absolute Gasteiger partial charge is 0.244 e. The Balaban J connectivity index is 2.09. The van der Waals surface area contributed by atoms with Crippen LogP contribution in [0.3, 0.4) is 0 Å². The minimum atomic E-state index is -3.97. The zero-order valence-corrected chi connectivity index (χ0v) is 24.1. The Morgan fingerprint density at radius 1 is 0.850 bits per heavy atom. The second-order valence-corrected chi connectivity index (χ2v) is 10.9. The molecule has 0 bridgehead atoms. The molecule has 0 aliphatic rings. The van der Waals surface area contributed by atoms with Crippen LogP contribution in [0.15, 0.2) is 72.8 Å². The van der Waals surface area contributed by atoms with Gasteiger partial charge in [-0.3, -0.25) is 13.9 Å². The molecule has 0 unspecified atom stereocenters. The van der Waals surface area contributed by atoms with Gasteiger partial charge >= 0.3 is 0 Å². The molecule has 2 amide bonds. The van der Waals surface area contributed by atoms with Crippen molar-refractivity contribution in [2.45, 2.75) is 19.0 Å². The number of hydrogen-bond donors (Lipinski definition) is 1. The summed E-state index contributed by atoms with van der Waals surface area (Å²) in [6, 6.07) is 20.2. The van der Waals surface area contributed by atoms with Gasteiger partial charge in [0.15, 0.2) is 0 Å². The highest BCUT2D eigenvalue weighted by Crippen LogP contribution is 2.34. The van der Waals surface area contributed by atoms with Gasteiger partial charge in [0, 0.05) is 26.1 Å². The number of sulfonamides is 1. The lowest BCUT2D eigenvalue weighted by Crippen LogP contribution is -2.52. The van der Waals surface area contributed by atoms with E-state index < -0.39 is 28.5 Å². The van der Waals surface area contributed by atoms with Crippen LogP contribution >= 0.6 is 0 Å². The SMILES string of the molecule is CNC(=O)[C@H](Cc1ccccc1)N(Cc1cccc(OC)c1)C(=O)CN(c1cc(OC)ccc1OC)S(C)(=O)=O. The molecule has 0 aromatic heterocycles. The minimum Gasteiger partial charge on any atom is -0.497 e. The quantitative estimate of drug-likeness (QED) is 0.337. The average molecular weight is 570 g/mol. The number of methoxy groups -OCH3 is 3. The van der Waals surface area contributed by atoms with Crippen molar-refractivity contribution < 1.29 is 32.2 Å². The van der Waals surface area contributed by atoms with Crippen LogP contribution in [-0.2, 0) is 32.6 Å². The maximum atomic E-state index is 14.1. The molecule has 0 fully saturated rings. The van der Waals surface area contributed by atoms with E-state index in [0.29, 0.717) is 17.1 Å². The number of rotatable bonds is 13. The summed E-state index contributed by atoms with van der Waals surface area (Å²) in [6.45, 7) is -0.539. The number of ether oxygens (including phenoxy) is 3. The molecule has 11 heteroatoms. The number of nitrogens with zero attached hydrogens (tertiary/aromatic N) is 2. The standard InChI is InChI=1S/C29H35N3O7S/c1-30-29(34)26(17-21-10-7-6-8-11-21)31(19-22-12-9-13-23(16-22)37-2)28(33)20-32(40(5,35)36)25-18-24(38-3)14-15-27(25)39-4/h6-16,18,26H,17,19-20H2,1-5H3,(H,30,34)/t26-/m0/s1. The van der Waals surface area contributed by atoms with Gasteiger partial charge in [0.05, 0.1) is 33.3 Å². The first-order chi connectivity index (χ1) is 19.1. The largest absolute Gasteiger partial charge is 0.497 e. The molecule has 3 aromatic carbocycles. The molecular weight excluding hydrogens is 534 g/mol. The van der Waals surface area contributed by atoms with Crippen molar-refractivity contribution in [1.82, 2.24) is 10.2 Å². The van der Waals surface area contributed by atoms with Crippen molar-refractivity contribution in [2.75, 3.05) is 45.5 Å². The molecule has 1 atom stereocenters. The molecule has 0 spiro atoms. The Bertz CT molecular complexity index is 1410. The first kappa shape index (κ1) is 30.3. The summed E-state index contributed by atoms with van der Waals surface area (Å²) >= 11 is 0. The van der Waals surface area contributed by atoms with Crippen molar-refractivity contribution >= 4 is 27.5 Å². The molecule has 3 rings (SSSR count). The van der Waals surface area contributed by atoms with Gasteiger partial charge in [-0.2, -0.15) is 0 Å². The van der Waals surface area contributed by atoms with Gasteiger partial charge in [-0.15, -0.1) is 0 Å². The monoisotopic (exact) mass is 569 g/mol. The van der Waals surface area contributed by atoms with Crippen LogP contribution in [0.25, 0.3) is 0 Å². The normalized spacial score (nSPS) is 11.7. The Morgan fingerprint density at radius 2 is 1.50 bits per heavy atom. The lowest BCUT2D eigenvalue weighted by Gasteiger charge is -2.33. The Hall–Kier alpha value is -4.25. The molecule has 0 aliphatic carbocycles. The minimum absolute atomic E-state index is 0.0355. The molecule has 0 radical (unpaired) electrons. The van der Waals surface area contributed by atoms with E-state index in [9.17, 15) is 18.0 Å². The van der Waals surface area contributed by atoms with E-state index in [1.165, 1.54) is 39.3 Å². The predicted molar refractivity (Wildman–Crippen MR) is 153 cm³/mol. The first-order valence-electron chi connectivity index (χ1n) is 12.5. The maximum Gasteiger partial charge on any atom is 0.244 e. The van der Waals surface area contributed by atoms with Crippen molar-refractivity contribution in [3.05, 3.63) is 83.9 Å². The zero-order chi connectivity index (χ0) is 29.3. The van der Waals surface area contributed by atoms with Gasteiger partial charge in [0.25, 0.3) is 0 Å². The van der Waals surface area contributed by atoms with Crippen LogP contribution in [0, 0.1) is 0 Å². The molecule has 0 saturated carbocycles. The molecule has 10 nitrogen and oxygen atoms in total. The predicted octanol–water partition coefficient (Wildman–Crippen LogP) is 2.86. The van der Waals surface area contributed by atoms with E-state index in [-0.39, 0.29) is 30.3 Å². The third kappa shape index (κ3) is 7.66. The molecule has 0 heterocycles. The summed E-state index contributed by atoms with van der Waals surface area (Å²) in [5, 5.41) is 2.65. The van der Waals surface area contributed by atoms with Gasteiger partial charge in [0.2, 0.25) is 21.8 Å². The summed E-state index contributed by atoms with van der Waals surface area (Å²) in [5.41, 5.74) is 1.69. The van der Waals surface area contributed by atoms with E-state index >= 15 is 0 Å². The second-order valence-electron chi connectivity index (χ2n) is 9.00. The van der Waals surface area contributed by atoms with E-state index in [1.807, 2.05) is 36.4 Å². The van der Waals surface area contributed by atoms with Crippen molar-refractivity contribution in [1.29, 1.82) is 0 Å². The second kappa shape index (κ2) is 13.7. The maximum absolute atomic E-state index is 14.1. The lowest BCUT2D eigenvalue weighted by molar-refractivity contribution is -0.139. The van der Waals surface area contributed by atoms with Crippen molar-refractivity contribution in [2.24, 2.45) is 0 Å². The highest BCUT2D eigenvalue weighted by atomic mass is 32.2. The van der Waals surface area contributed by atoms with Crippen LogP contribution in [0.1, 0.15) is 11.1 Å². The number of benzene rings is 3. The fourth-order valence-corrected chi connectivity index (χ4v) is 5.12. The highest BCUT2D eigenvalue weighted by Gasteiger charge is 2.33. The average Bonchev–Trinajstić information content (AvgIpc) is 2.96. The molecule has 3 aromatic rings. The Labute approximate surface area is 235 Å². The van der Waals surface area contributed by atoms with Crippen LogP contribution in [0.5, 0.6) is 17.2 Å². The van der Waals surface area contributed by atoms with Crippen LogP contribution in [0.2, 0.25) is 0 Å². The third-order valence-electron chi connectivity index (χ3n) is 6.34. The van der Waals surface area contributed by atoms with E-state index in [0.717, 1.165) is 16.1 Å². The number of hydrogen-bond acceptors (Lipinski definition) is 7. The van der Waals surface area contributed by atoms with Crippen molar-refractivity contribution in [3.63, 3.8) is 0 Å². The number of likely N-dealkylation sites (N-methyl/N-ethyl adjacent to an activating group) is 1. The number of anilines is 1.